The molecule has 92 valence electrons. The maximum atomic E-state index is 12.0. The van der Waals surface area contributed by atoms with E-state index < -0.39 is 0 Å². The number of nitrogens with zero attached hydrogens (tertiary/aromatic N) is 1. The minimum Gasteiger partial charge on any atom is -0.335 e. The van der Waals surface area contributed by atoms with Crippen molar-refractivity contribution in [1.82, 2.24) is 10.2 Å². The molecule has 1 unspecified atom stereocenters. The van der Waals surface area contributed by atoms with Gasteiger partial charge in [0.2, 0.25) is 0 Å². The molecule has 0 bridgehead atoms. The summed E-state index contributed by atoms with van der Waals surface area (Å²) in [5.74, 6) is 1.51. The van der Waals surface area contributed by atoms with Gasteiger partial charge in [-0.15, -0.1) is 0 Å². The van der Waals surface area contributed by atoms with Crippen LogP contribution in [0.1, 0.15) is 46.0 Å². The average molecular weight is 224 g/mol. The van der Waals surface area contributed by atoms with Crippen molar-refractivity contribution in [1.29, 1.82) is 0 Å². The van der Waals surface area contributed by atoms with Gasteiger partial charge in [-0.1, -0.05) is 13.3 Å². The first-order chi connectivity index (χ1) is 7.66. The SMILES string of the molecule is CC1CCN(C(=O)NC(C)C2CCC2)CC1. The van der Waals surface area contributed by atoms with Gasteiger partial charge in [-0.3, -0.25) is 0 Å². The van der Waals surface area contributed by atoms with Crippen molar-refractivity contribution in [3.05, 3.63) is 0 Å². The lowest BCUT2D eigenvalue weighted by atomic mass is 9.80. The number of rotatable bonds is 2. The van der Waals surface area contributed by atoms with Gasteiger partial charge in [-0.25, -0.2) is 4.79 Å². The van der Waals surface area contributed by atoms with Gasteiger partial charge in [0.15, 0.2) is 0 Å². The summed E-state index contributed by atoms with van der Waals surface area (Å²) in [6, 6.07) is 0.520. The van der Waals surface area contributed by atoms with Crippen LogP contribution in [0, 0.1) is 11.8 Å². The van der Waals surface area contributed by atoms with E-state index in [1.165, 1.54) is 19.3 Å². The highest BCUT2D eigenvalue weighted by molar-refractivity contribution is 5.74. The molecule has 0 aromatic heterocycles. The van der Waals surface area contributed by atoms with E-state index in [0.717, 1.165) is 37.8 Å². The predicted octanol–water partition coefficient (Wildman–Crippen LogP) is 2.62. The van der Waals surface area contributed by atoms with E-state index in [-0.39, 0.29) is 6.03 Å². The van der Waals surface area contributed by atoms with E-state index in [9.17, 15) is 4.79 Å². The van der Waals surface area contributed by atoms with Crippen molar-refractivity contribution in [2.75, 3.05) is 13.1 Å². The van der Waals surface area contributed by atoms with E-state index in [1.807, 2.05) is 4.90 Å². The molecule has 2 fully saturated rings. The molecule has 2 amide bonds. The summed E-state index contributed by atoms with van der Waals surface area (Å²) in [4.78, 5) is 14.0. The molecular weight excluding hydrogens is 200 g/mol. The zero-order chi connectivity index (χ0) is 11.5. The fourth-order valence-electron chi connectivity index (χ4n) is 2.56. The molecular formula is C13H24N2O. The second-order valence-electron chi connectivity index (χ2n) is 5.60. The Hall–Kier alpha value is -0.730. The van der Waals surface area contributed by atoms with Crippen LogP contribution in [-0.4, -0.2) is 30.1 Å². The summed E-state index contributed by atoms with van der Waals surface area (Å²) in [5, 5.41) is 3.15. The maximum absolute atomic E-state index is 12.0. The molecule has 0 aromatic carbocycles. The maximum Gasteiger partial charge on any atom is 0.317 e. The predicted molar refractivity (Wildman–Crippen MR) is 65.3 cm³/mol. The van der Waals surface area contributed by atoms with E-state index in [0.29, 0.717) is 6.04 Å². The van der Waals surface area contributed by atoms with Gasteiger partial charge in [-0.2, -0.15) is 0 Å². The molecule has 1 N–H and O–H groups in total. The van der Waals surface area contributed by atoms with Crippen LogP contribution in [0.2, 0.25) is 0 Å². The number of carbonyl (C=O) groups excluding carboxylic acids is 1. The Kier molecular flexibility index (Phi) is 3.72. The average Bonchev–Trinajstić information content (AvgIpc) is 2.15. The van der Waals surface area contributed by atoms with Gasteiger partial charge in [0.1, 0.15) is 0 Å². The van der Waals surface area contributed by atoms with Crippen LogP contribution in [-0.2, 0) is 0 Å². The molecule has 0 spiro atoms. The monoisotopic (exact) mass is 224 g/mol. The van der Waals surface area contributed by atoms with Crippen molar-refractivity contribution < 1.29 is 4.79 Å². The van der Waals surface area contributed by atoms with E-state index in [4.69, 9.17) is 0 Å². The second kappa shape index (κ2) is 5.07. The van der Waals surface area contributed by atoms with E-state index >= 15 is 0 Å². The smallest absolute Gasteiger partial charge is 0.317 e. The lowest BCUT2D eigenvalue weighted by Crippen LogP contribution is -2.49. The second-order valence-corrected chi connectivity index (χ2v) is 5.60. The Morgan fingerprint density at radius 2 is 1.88 bits per heavy atom. The lowest BCUT2D eigenvalue weighted by molar-refractivity contribution is 0.160. The minimum atomic E-state index is 0.159. The van der Waals surface area contributed by atoms with Crippen molar-refractivity contribution >= 4 is 6.03 Å². The number of hydrogen-bond acceptors (Lipinski definition) is 1. The van der Waals surface area contributed by atoms with Gasteiger partial charge in [0, 0.05) is 19.1 Å². The van der Waals surface area contributed by atoms with E-state index in [1.54, 1.807) is 0 Å². The van der Waals surface area contributed by atoms with Gasteiger partial charge >= 0.3 is 6.03 Å². The topological polar surface area (TPSA) is 32.3 Å². The van der Waals surface area contributed by atoms with E-state index in [2.05, 4.69) is 19.2 Å². The number of nitrogens with one attached hydrogen (secondary N) is 1. The Morgan fingerprint density at radius 3 is 2.38 bits per heavy atom. The minimum absolute atomic E-state index is 0.159. The van der Waals surface area contributed by atoms with Crippen LogP contribution in [0.25, 0.3) is 0 Å². The van der Waals surface area contributed by atoms with Crippen LogP contribution in [0.5, 0.6) is 0 Å². The number of urea groups is 1. The van der Waals surface area contributed by atoms with Gasteiger partial charge < -0.3 is 10.2 Å². The molecule has 2 aliphatic rings. The third-order valence-corrected chi connectivity index (χ3v) is 4.28. The molecule has 1 heterocycles. The Balaban J connectivity index is 1.74. The molecule has 1 atom stereocenters. The Bertz CT molecular complexity index is 242. The zero-order valence-corrected chi connectivity index (χ0v) is 10.5. The van der Waals surface area contributed by atoms with Crippen LogP contribution in [0.15, 0.2) is 0 Å². The third-order valence-electron chi connectivity index (χ3n) is 4.28. The fraction of sp³-hybridized carbons (Fsp3) is 0.923. The van der Waals surface area contributed by atoms with Crippen molar-refractivity contribution in [2.24, 2.45) is 11.8 Å². The van der Waals surface area contributed by atoms with Gasteiger partial charge in [0.25, 0.3) is 0 Å². The van der Waals surface area contributed by atoms with Crippen LogP contribution >= 0.6 is 0 Å². The first-order valence-corrected chi connectivity index (χ1v) is 6.72. The Labute approximate surface area is 98.6 Å². The summed E-state index contributed by atoms with van der Waals surface area (Å²) >= 11 is 0. The van der Waals surface area contributed by atoms with Crippen LogP contribution < -0.4 is 5.32 Å². The first kappa shape index (κ1) is 11.7. The highest BCUT2D eigenvalue weighted by Crippen LogP contribution is 2.29. The normalized spacial score (nSPS) is 25.0. The lowest BCUT2D eigenvalue weighted by Gasteiger charge is -2.35. The molecule has 1 saturated heterocycles. The molecule has 1 saturated carbocycles. The van der Waals surface area contributed by atoms with Gasteiger partial charge in [0.05, 0.1) is 0 Å². The Morgan fingerprint density at radius 1 is 1.25 bits per heavy atom. The number of piperidine rings is 1. The highest BCUT2D eigenvalue weighted by atomic mass is 16.2. The van der Waals surface area contributed by atoms with Crippen molar-refractivity contribution in [3.8, 4) is 0 Å². The first-order valence-electron chi connectivity index (χ1n) is 6.72. The summed E-state index contributed by atoms with van der Waals surface area (Å²) in [7, 11) is 0. The number of amides is 2. The largest absolute Gasteiger partial charge is 0.335 e. The third kappa shape index (κ3) is 2.69. The van der Waals surface area contributed by atoms with Gasteiger partial charge in [-0.05, 0) is 44.4 Å². The molecule has 3 nitrogen and oxygen atoms in total. The summed E-state index contributed by atoms with van der Waals surface area (Å²) < 4.78 is 0. The molecule has 0 aromatic rings. The molecule has 1 aliphatic heterocycles. The van der Waals surface area contributed by atoms with Crippen LogP contribution in [0.4, 0.5) is 4.79 Å². The highest BCUT2D eigenvalue weighted by Gasteiger charge is 2.27. The standard InChI is InChI=1S/C13H24N2O/c1-10-6-8-15(9-7-10)13(16)14-11(2)12-4-3-5-12/h10-12H,3-9H2,1-2H3,(H,14,16). The number of likely N-dealkylation sites (tertiary alicyclic amines) is 1. The van der Waals surface area contributed by atoms with Crippen molar-refractivity contribution in [3.63, 3.8) is 0 Å². The summed E-state index contributed by atoms with van der Waals surface area (Å²) in [5.41, 5.74) is 0. The molecule has 3 heteroatoms. The zero-order valence-electron chi connectivity index (χ0n) is 10.5. The van der Waals surface area contributed by atoms with Crippen molar-refractivity contribution in [2.45, 2.75) is 52.0 Å². The molecule has 0 radical (unpaired) electrons. The quantitative estimate of drug-likeness (QED) is 0.768. The molecule has 2 rings (SSSR count). The van der Waals surface area contributed by atoms with Crippen LogP contribution in [0.3, 0.4) is 0 Å². The molecule has 16 heavy (non-hydrogen) atoms. The number of carbonyl (C=O) groups is 1. The summed E-state index contributed by atoms with van der Waals surface area (Å²) in [6.07, 6.45) is 6.24. The summed E-state index contributed by atoms with van der Waals surface area (Å²) in [6.45, 7) is 6.29. The number of hydrogen-bond donors (Lipinski definition) is 1. The fourth-order valence-corrected chi connectivity index (χ4v) is 2.56. The molecule has 1 aliphatic carbocycles.